The van der Waals surface area contributed by atoms with E-state index in [9.17, 15) is 9.18 Å². The van der Waals surface area contributed by atoms with Gasteiger partial charge in [0.05, 0.1) is 18.5 Å². The predicted molar refractivity (Wildman–Crippen MR) is 102 cm³/mol. The Balaban J connectivity index is 1.71. The zero-order chi connectivity index (χ0) is 19.0. The molecule has 1 amide bonds. The van der Waals surface area contributed by atoms with E-state index in [1.807, 2.05) is 0 Å². The fourth-order valence-corrected chi connectivity index (χ4v) is 3.60. The van der Waals surface area contributed by atoms with Crippen LogP contribution in [0.1, 0.15) is 22.5 Å². The van der Waals surface area contributed by atoms with Crippen LogP contribution in [0.15, 0.2) is 48.7 Å². The topological polar surface area (TPSA) is 47.4 Å². The molecule has 0 N–H and O–H groups in total. The highest BCUT2D eigenvalue weighted by atomic mass is 35.5. The third-order valence-corrected chi connectivity index (χ3v) is 4.97. The molecule has 0 spiro atoms. The summed E-state index contributed by atoms with van der Waals surface area (Å²) in [5.74, 6) is -0.00102. The highest BCUT2D eigenvalue weighted by Crippen LogP contribution is 2.40. The molecule has 1 aliphatic rings. The molecule has 0 unspecified atom stereocenters. The van der Waals surface area contributed by atoms with E-state index in [2.05, 4.69) is 5.10 Å². The van der Waals surface area contributed by atoms with Crippen LogP contribution in [0.25, 0.3) is 5.69 Å². The van der Waals surface area contributed by atoms with E-state index in [0.717, 1.165) is 18.4 Å². The van der Waals surface area contributed by atoms with Crippen LogP contribution >= 0.6 is 11.6 Å². The van der Waals surface area contributed by atoms with Gasteiger partial charge in [-0.15, -0.1) is 0 Å². The third-order valence-electron chi connectivity index (χ3n) is 4.61. The average Bonchev–Trinajstić information content (AvgIpc) is 3.18. The molecule has 7 heteroatoms. The van der Waals surface area contributed by atoms with Crippen molar-refractivity contribution in [2.75, 3.05) is 18.6 Å². The Morgan fingerprint density at radius 3 is 2.89 bits per heavy atom. The third kappa shape index (κ3) is 3.17. The molecule has 1 aromatic heterocycles. The van der Waals surface area contributed by atoms with E-state index in [1.165, 1.54) is 16.8 Å². The number of hydrogen-bond donors (Lipinski definition) is 0. The maximum atomic E-state index is 13.5. The molecular weight excluding hydrogens is 369 g/mol. The predicted octanol–water partition coefficient (Wildman–Crippen LogP) is 4.27. The summed E-state index contributed by atoms with van der Waals surface area (Å²) in [4.78, 5) is 14.8. The molecule has 5 nitrogen and oxygen atoms in total. The van der Waals surface area contributed by atoms with Crippen LogP contribution in [0.5, 0.6) is 5.75 Å². The minimum atomic E-state index is -0.361. The van der Waals surface area contributed by atoms with Gasteiger partial charge in [-0.2, -0.15) is 5.10 Å². The highest BCUT2D eigenvalue weighted by molar-refractivity contribution is 6.32. The van der Waals surface area contributed by atoms with E-state index in [1.54, 1.807) is 48.5 Å². The molecular formula is C20H17ClFN3O2. The lowest BCUT2D eigenvalue weighted by molar-refractivity contribution is 0.0979. The maximum absolute atomic E-state index is 13.5. The van der Waals surface area contributed by atoms with Crippen molar-refractivity contribution in [3.63, 3.8) is 0 Å². The van der Waals surface area contributed by atoms with Gasteiger partial charge in [-0.25, -0.2) is 9.07 Å². The second-order valence-electron chi connectivity index (χ2n) is 6.26. The Morgan fingerprint density at radius 1 is 1.26 bits per heavy atom. The number of hydrogen-bond acceptors (Lipinski definition) is 3. The van der Waals surface area contributed by atoms with E-state index in [4.69, 9.17) is 16.3 Å². The molecule has 138 valence electrons. The van der Waals surface area contributed by atoms with Crippen molar-refractivity contribution in [3.8, 4) is 11.4 Å². The van der Waals surface area contributed by atoms with E-state index in [0.29, 0.717) is 28.7 Å². The molecule has 0 saturated carbocycles. The van der Waals surface area contributed by atoms with Gasteiger partial charge in [0.25, 0.3) is 5.91 Å². The summed E-state index contributed by atoms with van der Waals surface area (Å²) in [5.41, 5.74) is 2.42. The van der Waals surface area contributed by atoms with Crippen LogP contribution in [0.4, 0.5) is 10.1 Å². The van der Waals surface area contributed by atoms with Crippen LogP contribution in [0, 0.1) is 5.82 Å². The van der Waals surface area contributed by atoms with E-state index in [-0.39, 0.29) is 17.4 Å². The molecule has 0 aliphatic carbocycles. The smallest absolute Gasteiger partial charge is 0.278 e. The highest BCUT2D eigenvalue weighted by Gasteiger charge is 2.29. The molecule has 4 rings (SSSR count). The Labute approximate surface area is 160 Å². The van der Waals surface area contributed by atoms with Gasteiger partial charge < -0.3 is 9.64 Å². The van der Waals surface area contributed by atoms with Gasteiger partial charge in [-0.1, -0.05) is 17.7 Å². The molecule has 2 heterocycles. The number of nitrogens with zero attached hydrogens (tertiary/aromatic N) is 3. The number of halogens is 2. The Hall–Kier alpha value is -2.86. The molecule has 3 aromatic rings. The van der Waals surface area contributed by atoms with Crippen molar-refractivity contribution in [2.45, 2.75) is 12.8 Å². The number of carbonyl (C=O) groups excluding carboxylic acids is 1. The Kier molecular flexibility index (Phi) is 4.58. The summed E-state index contributed by atoms with van der Waals surface area (Å²) in [6.45, 7) is 0.551. The van der Waals surface area contributed by atoms with E-state index >= 15 is 0 Å². The van der Waals surface area contributed by atoms with Crippen molar-refractivity contribution in [2.24, 2.45) is 0 Å². The zero-order valence-corrected chi connectivity index (χ0v) is 15.4. The molecule has 2 aromatic carbocycles. The first kappa shape index (κ1) is 17.5. The standard InChI is InChI=1S/C20H17ClFN3O2/c1-27-18-8-7-16(21)15-6-3-10-24(19(15)18)20(26)17-9-11-25(23-17)14-5-2-4-13(22)12-14/h2,4-5,7-9,11-12H,3,6,10H2,1H3. The normalized spacial score (nSPS) is 13.4. The molecule has 1 aliphatic heterocycles. The fraction of sp³-hybridized carbons (Fsp3) is 0.200. The first-order chi connectivity index (χ1) is 13.1. The summed E-state index contributed by atoms with van der Waals surface area (Å²) >= 11 is 6.34. The fourth-order valence-electron chi connectivity index (χ4n) is 3.36. The number of aromatic nitrogens is 2. The molecule has 0 saturated heterocycles. The SMILES string of the molecule is COc1ccc(Cl)c2c1N(C(=O)c1ccn(-c3cccc(F)c3)n1)CCC2. The summed E-state index contributed by atoms with van der Waals surface area (Å²) in [6.07, 6.45) is 3.23. The lowest BCUT2D eigenvalue weighted by Gasteiger charge is -2.31. The number of fused-ring (bicyclic) bond motifs is 1. The Morgan fingerprint density at radius 2 is 2.11 bits per heavy atom. The molecule has 27 heavy (non-hydrogen) atoms. The van der Waals surface area contributed by atoms with Gasteiger partial charge >= 0.3 is 0 Å². The Bertz CT molecular complexity index is 1020. The number of amides is 1. The van der Waals surface area contributed by atoms with Gasteiger partial charge in [0.1, 0.15) is 11.6 Å². The van der Waals surface area contributed by atoms with Crippen molar-refractivity contribution >= 4 is 23.2 Å². The number of ether oxygens (including phenoxy) is 1. The second kappa shape index (κ2) is 7.04. The van der Waals surface area contributed by atoms with Gasteiger partial charge in [0.15, 0.2) is 5.69 Å². The first-order valence-electron chi connectivity index (χ1n) is 8.57. The largest absolute Gasteiger partial charge is 0.495 e. The summed E-state index contributed by atoms with van der Waals surface area (Å²) in [6, 6.07) is 11.2. The number of rotatable bonds is 3. The zero-order valence-electron chi connectivity index (χ0n) is 14.7. The van der Waals surface area contributed by atoms with Gasteiger partial charge in [0, 0.05) is 17.8 Å². The van der Waals surface area contributed by atoms with Crippen molar-refractivity contribution in [1.29, 1.82) is 0 Å². The van der Waals surface area contributed by atoms with Crippen LogP contribution < -0.4 is 9.64 Å². The van der Waals surface area contributed by atoms with Crippen molar-refractivity contribution in [1.82, 2.24) is 9.78 Å². The van der Waals surface area contributed by atoms with E-state index < -0.39 is 0 Å². The molecule has 0 radical (unpaired) electrons. The van der Waals surface area contributed by atoms with Crippen LogP contribution in [-0.2, 0) is 6.42 Å². The van der Waals surface area contributed by atoms with Crippen LogP contribution in [0.2, 0.25) is 5.02 Å². The number of benzene rings is 2. The molecule has 0 bridgehead atoms. The lowest BCUT2D eigenvalue weighted by atomic mass is 10.0. The average molecular weight is 386 g/mol. The van der Waals surface area contributed by atoms with Crippen LogP contribution in [0.3, 0.4) is 0 Å². The van der Waals surface area contributed by atoms with Gasteiger partial charge in [-0.05, 0) is 54.8 Å². The quantitative estimate of drug-likeness (QED) is 0.676. The first-order valence-corrected chi connectivity index (χ1v) is 8.95. The number of methoxy groups -OCH3 is 1. The number of anilines is 1. The second-order valence-corrected chi connectivity index (χ2v) is 6.67. The summed E-state index contributed by atoms with van der Waals surface area (Å²) in [7, 11) is 1.57. The van der Waals surface area contributed by atoms with Gasteiger partial charge in [0.2, 0.25) is 0 Å². The molecule has 0 atom stereocenters. The maximum Gasteiger partial charge on any atom is 0.278 e. The monoisotopic (exact) mass is 385 g/mol. The van der Waals surface area contributed by atoms with Crippen molar-refractivity contribution < 1.29 is 13.9 Å². The lowest BCUT2D eigenvalue weighted by Crippen LogP contribution is -2.36. The molecule has 0 fully saturated rings. The van der Waals surface area contributed by atoms with Crippen LogP contribution in [-0.4, -0.2) is 29.3 Å². The number of carbonyl (C=O) groups is 1. The summed E-state index contributed by atoms with van der Waals surface area (Å²) in [5, 5.41) is 4.95. The van der Waals surface area contributed by atoms with Crippen molar-refractivity contribution in [3.05, 3.63) is 70.8 Å². The minimum absolute atomic E-state index is 0.244. The minimum Gasteiger partial charge on any atom is -0.495 e. The van der Waals surface area contributed by atoms with Gasteiger partial charge in [-0.3, -0.25) is 4.79 Å². The summed E-state index contributed by atoms with van der Waals surface area (Å²) < 4.78 is 20.4.